The zero-order valence-electron chi connectivity index (χ0n) is 22.1. The normalized spacial score (nSPS) is 17.2. The van der Waals surface area contributed by atoms with Crippen LogP contribution in [-0.4, -0.2) is 81.3 Å². The van der Waals surface area contributed by atoms with Crippen LogP contribution in [0.15, 0.2) is 53.1 Å². The highest BCUT2D eigenvalue weighted by Gasteiger charge is 2.29. The average molecular weight is 615 g/mol. The number of amides is 1. The number of piperazine rings is 1. The zero-order chi connectivity index (χ0) is 28.2. The van der Waals surface area contributed by atoms with Crippen molar-refractivity contribution >= 4 is 27.7 Å². The second-order valence-corrected chi connectivity index (χ2v) is 11.3. The van der Waals surface area contributed by atoms with Gasteiger partial charge in [-0.25, -0.2) is 9.37 Å². The second-order valence-electron chi connectivity index (χ2n) is 10.3. The molecule has 2 aromatic carbocycles. The fourth-order valence-electron chi connectivity index (χ4n) is 5.41. The van der Waals surface area contributed by atoms with E-state index in [9.17, 15) is 24.5 Å². The molecule has 5 rings (SSSR count). The number of halogens is 2. The standard InChI is InChI=1S/C29H33BrFN5O4/c30-22-3-2-20(24(31)15-22)18-34-7-5-23(6-8-34)35-9-11-36(12-10-35)28-27(39)14-21(17-32-28)29(40)33-16-19-1-4-25(37)26(38)13-19/h1-4,13-15,17,23,37-39H,5-12,16,18H2,(H,33,40). The van der Waals surface area contributed by atoms with Crippen LogP contribution < -0.4 is 10.2 Å². The Morgan fingerprint density at radius 2 is 1.70 bits per heavy atom. The number of piperidine rings is 1. The molecule has 0 saturated carbocycles. The van der Waals surface area contributed by atoms with E-state index in [1.54, 1.807) is 6.07 Å². The van der Waals surface area contributed by atoms with Crippen molar-refractivity contribution in [2.24, 2.45) is 0 Å². The van der Waals surface area contributed by atoms with Crippen molar-refractivity contribution in [3.8, 4) is 17.2 Å². The van der Waals surface area contributed by atoms with Crippen LogP contribution in [-0.2, 0) is 13.1 Å². The highest BCUT2D eigenvalue weighted by atomic mass is 79.9. The highest BCUT2D eigenvalue weighted by molar-refractivity contribution is 9.10. The minimum absolute atomic E-state index is 0.0446. The quantitative estimate of drug-likeness (QED) is 0.298. The maximum Gasteiger partial charge on any atom is 0.253 e. The molecule has 3 aromatic rings. The van der Waals surface area contributed by atoms with Crippen molar-refractivity contribution in [1.82, 2.24) is 20.1 Å². The first-order valence-electron chi connectivity index (χ1n) is 13.4. The number of pyridine rings is 1. The van der Waals surface area contributed by atoms with Gasteiger partial charge >= 0.3 is 0 Å². The van der Waals surface area contributed by atoms with Crippen molar-refractivity contribution in [3.63, 3.8) is 0 Å². The third kappa shape index (κ3) is 6.65. The Hall–Kier alpha value is -3.41. The molecule has 212 valence electrons. The van der Waals surface area contributed by atoms with Crippen molar-refractivity contribution in [3.05, 3.63) is 75.6 Å². The van der Waals surface area contributed by atoms with Gasteiger partial charge in [0.05, 0.1) is 5.56 Å². The van der Waals surface area contributed by atoms with Gasteiger partial charge < -0.3 is 25.5 Å². The lowest BCUT2D eigenvalue weighted by atomic mass is 10.0. The van der Waals surface area contributed by atoms with Gasteiger partial charge in [-0.3, -0.25) is 14.6 Å². The van der Waals surface area contributed by atoms with Crippen molar-refractivity contribution in [2.75, 3.05) is 44.2 Å². The zero-order valence-corrected chi connectivity index (χ0v) is 23.6. The van der Waals surface area contributed by atoms with E-state index >= 15 is 0 Å². The first-order valence-corrected chi connectivity index (χ1v) is 14.2. The van der Waals surface area contributed by atoms with E-state index < -0.39 is 5.91 Å². The van der Waals surface area contributed by atoms with Gasteiger partial charge in [-0.1, -0.05) is 28.1 Å². The largest absolute Gasteiger partial charge is 0.504 e. The lowest BCUT2D eigenvalue weighted by Gasteiger charge is -2.43. The van der Waals surface area contributed by atoms with E-state index in [4.69, 9.17) is 0 Å². The number of aromatic nitrogens is 1. The number of hydrogen-bond donors (Lipinski definition) is 4. The number of likely N-dealkylation sites (tertiary alicyclic amines) is 1. The van der Waals surface area contributed by atoms with Crippen LogP contribution in [0.25, 0.3) is 0 Å². The molecule has 1 aromatic heterocycles. The number of hydrogen-bond acceptors (Lipinski definition) is 8. The molecule has 2 aliphatic heterocycles. The van der Waals surface area contributed by atoms with E-state index in [0.717, 1.165) is 62.1 Å². The predicted octanol–water partition coefficient (Wildman–Crippen LogP) is 3.82. The molecule has 0 aliphatic carbocycles. The molecule has 0 bridgehead atoms. The Morgan fingerprint density at radius 1 is 0.950 bits per heavy atom. The van der Waals surface area contributed by atoms with Gasteiger partial charge in [0.15, 0.2) is 23.1 Å². The fourth-order valence-corrected chi connectivity index (χ4v) is 5.74. The summed E-state index contributed by atoms with van der Waals surface area (Å²) in [6, 6.07) is 11.5. The average Bonchev–Trinajstić information content (AvgIpc) is 2.95. The molecule has 0 atom stereocenters. The van der Waals surface area contributed by atoms with Gasteiger partial charge in [0.1, 0.15) is 5.82 Å². The van der Waals surface area contributed by atoms with Crippen LogP contribution in [0.1, 0.15) is 34.3 Å². The number of benzene rings is 2. The first-order chi connectivity index (χ1) is 19.3. The maximum absolute atomic E-state index is 14.2. The summed E-state index contributed by atoms with van der Waals surface area (Å²) in [5.41, 5.74) is 1.58. The number of nitrogens with zero attached hydrogens (tertiary/aromatic N) is 4. The number of carbonyl (C=O) groups excluding carboxylic acids is 1. The van der Waals surface area contributed by atoms with Gasteiger partial charge in [-0.2, -0.15) is 0 Å². The molecule has 2 saturated heterocycles. The number of phenols is 2. The molecule has 2 aliphatic rings. The number of anilines is 1. The molecule has 0 spiro atoms. The highest BCUT2D eigenvalue weighted by Crippen LogP contribution is 2.29. The van der Waals surface area contributed by atoms with Crippen molar-refractivity contribution in [1.29, 1.82) is 0 Å². The number of aromatic hydroxyl groups is 3. The summed E-state index contributed by atoms with van der Waals surface area (Å²) in [7, 11) is 0. The number of carbonyl (C=O) groups is 1. The van der Waals surface area contributed by atoms with Crippen molar-refractivity contribution in [2.45, 2.75) is 32.0 Å². The molecule has 40 heavy (non-hydrogen) atoms. The van der Waals surface area contributed by atoms with E-state index in [2.05, 4.69) is 36.0 Å². The van der Waals surface area contributed by atoms with E-state index in [1.165, 1.54) is 30.5 Å². The molecule has 2 fully saturated rings. The minimum Gasteiger partial charge on any atom is -0.504 e. The summed E-state index contributed by atoms with van der Waals surface area (Å²) in [4.78, 5) is 23.8. The van der Waals surface area contributed by atoms with E-state index in [1.807, 2.05) is 17.0 Å². The monoisotopic (exact) mass is 613 g/mol. The second kappa shape index (κ2) is 12.4. The van der Waals surface area contributed by atoms with Crippen LogP contribution in [0, 0.1) is 5.82 Å². The molecule has 0 radical (unpaired) electrons. The minimum atomic E-state index is -0.402. The van der Waals surface area contributed by atoms with Crippen LogP contribution >= 0.6 is 15.9 Å². The molecule has 0 unspecified atom stereocenters. The summed E-state index contributed by atoms with van der Waals surface area (Å²) < 4.78 is 15.0. The topological polar surface area (TPSA) is 112 Å². The Morgan fingerprint density at radius 3 is 2.38 bits per heavy atom. The Bertz CT molecular complexity index is 1360. The Kier molecular flexibility index (Phi) is 8.72. The van der Waals surface area contributed by atoms with Gasteiger partial charge in [-0.05, 0) is 61.8 Å². The molecule has 3 heterocycles. The van der Waals surface area contributed by atoms with Crippen LogP contribution in [0.4, 0.5) is 10.2 Å². The Labute approximate surface area is 241 Å². The smallest absolute Gasteiger partial charge is 0.253 e. The summed E-state index contributed by atoms with van der Waals surface area (Å²) >= 11 is 3.31. The van der Waals surface area contributed by atoms with Crippen LogP contribution in [0.3, 0.4) is 0 Å². The fraction of sp³-hybridized carbons (Fsp3) is 0.379. The van der Waals surface area contributed by atoms with Crippen LogP contribution in [0.5, 0.6) is 17.2 Å². The summed E-state index contributed by atoms with van der Waals surface area (Å²) in [5.74, 6) is -0.636. The van der Waals surface area contributed by atoms with Gasteiger partial charge in [0.2, 0.25) is 0 Å². The molecule has 11 heteroatoms. The summed E-state index contributed by atoms with van der Waals surface area (Å²) in [6.45, 7) is 5.79. The lowest BCUT2D eigenvalue weighted by Crippen LogP contribution is -2.53. The first kappa shape index (κ1) is 28.1. The number of nitrogens with one attached hydrogen (secondary N) is 1. The summed E-state index contributed by atoms with van der Waals surface area (Å²) in [6.07, 6.45) is 3.53. The SMILES string of the molecule is O=C(NCc1ccc(O)c(O)c1)c1cnc(N2CCN(C3CCN(Cc4ccc(Br)cc4F)CC3)CC2)c(O)c1. The lowest BCUT2D eigenvalue weighted by molar-refractivity contribution is 0.0949. The van der Waals surface area contributed by atoms with Gasteiger partial charge in [0.25, 0.3) is 5.91 Å². The maximum atomic E-state index is 14.2. The predicted molar refractivity (Wildman–Crippen MR) is 153 cm³/mol. The molecule has 9 nitrogen and oxygen atoms in total. The summed E-state index contributed by atoms with van der Waals surface area (Å²) in [5, 5.41) is 32.4. The third-order valence-electron chi connectivity index (χ3n) is 7.70. The van der Waals surface area contributed by atoms with Crippen LogP contribution in [0.2, 0.25) is 0 Å². The van der Waals surface area contributed by atoms with Crippen molar-refractivity contribution < 1.29 is 24.5 Å². The molecular formula is C29H33BrFN5O4. The molecule has 4 N–H and O–H groups in total. The van der Waals surface area contributed by atoms with Gasteiger partial charge in [0, 0.05) is 61.5 Å². The number of rotatable bonds is 7. The number of phenolic OH excluding ortho intramolecular Hbond substituents is 2. The third-order valence-corrected chi connectivity index (χ3v) is 8.19. The van der Waals surface area contributed by atoms with Gasteiger partial charge in [-0.15, -0.1) is 0 Å². The van der Waals surface area contributed by atoms with E-state index in [-0.39, 0.29) is 35.2 Å². The Balaban J connectivity index is 1.09. The molecule has 1 amide bonds. The van der Waals surface area contributed by atoms with E-state index in [0.29, 0.717) is 24.0 Å². The molecular weight excluding hydrogens is 581 g/mol.